The third-order valence-electron chi connectivity index (χ3n) is 4.08. The van der Waals surface area contributed by atoms with Gasteiger partial charge in [0.15, 0.2) is 0 Å². The highest BCUT2D eigenvalue weighted by molar-refractivity contribution is 5.80. The van der Waals surface area contributed by atoms with Crippen molar-refractivity contribution in [2.45, 2.75) is 32.6 Å². The standard InChI is InChI=1S/C18H23NO3/c1-13-6-5-7-14(10-13)11-16(18(21)22)12-19-17(20)15-8-3-2-4-9-15/h2-3,5-7,10,15-16H,4,8-9,11-12H2,1H3,(H,19,20)(H,21,22). The van der Waals surface area contributed by atoms with Crippen molar-refractivity contribution in [3.8, 4) is 0 Å². The Morgan fingerprint density at radius 1 is 1.36 bits per heavy atom. The first-order valence-electron chi connectivity index (χ1n) is 7.77. The summed E-state index contributed by atoms with van der Waals surface area (Å²) in [4.78, 5) is 23.5. The Labute approximate surface area is 131 Å². The second-order valence-corrected chi connectivity index (χ2v) is 5.95. The first-order valence-corrected chi connectivity index (χ1v) is 7.77. The van der Waals surface area contributed by atoms with Crippen LogP contribution in [0.5, 0.6) is 0 Å². The highest BCUT2D eigenvalue weighted by atomic mass is 16.4. The minimum atomic E-state index is -0.870. The van der Waals surface area contributed by atoms with Crippen molar-refractivity contribution in [3.05, 3.63) is 47.5 Å². The van der Waals surface area contributed by atoms with Gasteiger partial charge in [-0.3, -0.25) is 9.59 Å². The number of hydrogen-bond donors (Lipinski definition) is 2. The van der Waals surface area contributed by atoms with Crippen LogP contribution in [0.25, 0.3) is 0 Å². The molecule has 1 aliphatic rings. The molecule has 4 heteroatoms. The quantitative estimate of drug-likeness (QED) is 0.794. The zero-order valence-electron chi connectivity index (χ0n) is 12.9. The van der Waals surface area contributed by atoms with Crippen molar-refractivity contribution in [1.29, 1.82) is 0 Å². The van der Waals surface area contributed by atoms with Gasteiger partial charge in [-0.1, -0.05) is 42.0 Å². The van der Waals surface area contributed by atoms with Gasteiger partial charge >= 0.3 is 5.97 Å². The lowest BCUT2D eigenvalue weighted by molar-refractivity contribution is -0.141. The summed E-state index contributed by atoms with van der Waals surface area (Å²) in [5.41, 5.74) is 2.10. The smallest absolute Gasteiger partial charge is 0.308 e. The summed E-state index contributed by atoms with van der Waals surface area (Å²) in [7, 11) is 0. The van der Waals surface area contributed by atoms with Crippen molar-refractivity contribution in [2.24, 2.45) is 11.8 Å². The lowest BCUT2D eigenvalue weighted by atomic mass is 9.93. The molecule has 2 N–H and O–H groups in total. The maximum absolute atomic E-state index is 12.1. The fourth-order valence-electron chi connectivity index (χ4n) is 2.77. The average Bonchev–Trinajstić information content (AvgIpc) is 2.51. The van der Waals surface area contributed by atoms with E-state index >= 15 is 0 Å². The highest BCUT2D eigenvalue weighted by Crippen LogP contribution is 2.18. The van der Waals surface area contributed by atoms with Gasteiger partial charge in [-0.05, 0) is 38.2 Å². The van der Waals surface area contributed by atoms with Crippen molar-refractivity contribution in [3.63, 3.8) is 0 Å². The fourth-order valence-corrected chi connectivity index (χ4v) is 2.77. The van der Waals surface area contributed by atoms with Gasteiger partial charge in [-0.25, -0.2) is 0 Å². The second kappa shape index (κ2) is 7.78. The largest absolute Gasteiger partial charge is 0.481 e. The van der Waals surface area contributed by atoms with Crippen LogP contribution in [0.1, 0.15) is 30.4 Å². The summed E-state index contributed by atoms with van der Waals surface area (Å²) in [6.07, 6.45) is 7.06. The normalized spacial score (nSPS) is 18.7. The number of carboxylic acid groups (broad SMARTS) is 1. The number of amides is 1. The number of rotatable bonds is 6. The molecule has 0 aliphatic heterocycles. The number of hydrogen-bond acceptors (Lipinski definition) is 2. The zero-order valence-corrected chi connectivity index (χ0v) is 12.9. The van der Waals surface area contributed by atoms with Gasteiger partial charge < -0.3 is 10.4 Å². The molecule has 0 spiro atoms. The Morgan fingerprint density at radius 3 is 2.82 bits per heavy atom. The molecule has 0 saturated heterocycles. The second-order valence-electron chi connectivity index (χ2n) is 5.95. The van der Waals surface area contributed by atoms with Gasteiger partial charge in [0, 0.05) is 12.5 Å². The van der Waals surface area contributed by atoms with Gasteiger partial charge in [0.2, 0.25) is 5.91 Å². The van der Waals surface area contributed by atoms with Gasteiger partial charge in [0.1, 0.15) is 0 Å². The van der Waals surface area contributed by atoms with Crippen LogP contribution >= 0.6 is 0 Å². The molecule has 1 aromatic carbocycles. The van der Waals surface area contributed by atoms with Crippen LogP contribution in [-0.4, -0.2) is 23.5 Å². The summed E-state index contributed by atoms with van der Waals surface area (Å²) < 4.78 is 0. The number of carbonyl (C=O) groups is 2. The number of carboxylic acids is 1. The molecule has 2 unspecified atom stereocenters. The van der Waals surface area contributed by atoms with E-state index < -0.39 is 11.9 Å². The number of aliphatic carboxylic acids is 1. The molecule has 1 amide bonds. The Kier molecular flexibility index (Phi) is 5.75. The molecule has 1 aromatic rings. The Hall–Kier alpha value is -2.10. The molecular weight excluding hydrogens is 278 g/mol. The zero-order chi connectivity index (χ0) is 15.9. The first kappa shape index (κ1) is 16.3. The topological polar surface area (TPSA) is 66.4 Å². The van der Waals surface area contributed by atoms with Gasteiger partial charge in [0.05, 0.1) is 5.92 Å². The van der Waals surface area contributed by atoms with E-state index in [0.717, 1.165) is 30.4 Å². The number of benzene rings is 1. The Bertz CT molecular complexity index is 565. The molecule has 4 nitrogen and oxygen atoms in total. The van der Waals surface area contributed by atoms with E-state index in [1.54, 1.807) is 0 Å². The third kappa shape index (κ3) is 4.72. The van der Waals surface area contributed by atoms with E-state index in [9.17, 15) is 14.7 Å². The SMILES string of the molecule is Cc1cccc(CC(CNC(=O)C2CC=CCC2)C(=O)O)c1. The van der Waals surface area contributed by atoms with Gasteiger partial charge in [-0.15, -0.1) is 0 Å². The molecule has 0 bridgehead atoms. The maximum Gasteiger partial charge on any atom is 0.308 e. The van der Waals surface area contributed by atoms with Crippen LogP contribution in [-0.2, 0) is 16.0 Å². The van der Waals surface area contributed by atoms with E-state index in [1.165, 1.54) is 0 Å². The van der Waals surface area contributed by atoms with Crippen LogP contribution in [0.4, 0.5) is 0 Å². The monoisotopic (exact) mass is 301 g/mol. The van der Waals surface area contributed by atoms with E-state index in [-0.39, 0.29) is 18.4 Å². The summed E-state index contributed by atoms with van der Waals surface area (Å²) in [5.74, 6) is -1.51. The van der Waals surface area contributed by atoms with Gasteiger partial charge in [-0.2, -0.15) is 0 Å². The summed E-state index contributed by atoms with van der Waals surface area (Å²) in [5, 5.41) is 12.2. The lowest BCUT2D eigenvalue weighted by Crippen LogP contribution is -2.37. The van der Waals surface area contributed by atoms with E-state index in [2.05, 4.69) is 11.4 Å². The van der Waals surface area contributed by atoms with Crippen molar-refractivity contribution in [2.75, 3.05) is 6.54 Å². The molecule has 22 heavy (non-hydrogen) atoms. The molecular formula is C18H23NO3. The Morgan fingerprint density at radius 2 is 2.18 bits per heavy atom. The van der Waals surface area contributed by atoms with Crippen molar-refractivity contribution in [1.82, 2.24) is 5.32 Å². The number of nitrogens with one attached hydrogen (secondary N) is 1. The highest BCUT2D eigenvalue weighted by Gasteiger charge is 2.22. The van der Waals surface area contributed by atoms with Crippen molar-refractivity contribution >= 4 is 11.9 Å². The molecule has 118 valence electrons. The summed E-state index contributed by atoms with van der Waals surface area (Å²) in [6.45, 7) is 2.17. The average molecular weight is 301 g/mol. The minimum Gasteiger partial charge on any atom is -0.481 e. The van der Waals surface area contributed by atoms with Crippen molar-refractivity contribution < 1.29 is 14.7 Å². The van der Waals surface area contributed by atoms with E-state index in [1.807, 2.05) is 37.3 Å². The predicted molar refractivity (Wildman–Crippen MR) is 85.5 cm³/mol. The fraction of sp³-hybridized carbons (Fsp3) is 0.444. The molecule has 0 heterocycles. The molecule has 0 radical (unpaired) electrons. The molecule has 2 rings (SSSR count). The van der Waals surface area contributed by atoms with Gasteiger partial charge in [0.25, 0.3) is 0 Å². The summed E-state index contributed by atoms with van der Waals surface area (Å²) >= 11 is 0. The molecule has 0 aromatic heterocycles. The van der Waals surface area contributed by atoms with Crippen LogP contribution in [0.15, 0.2) is 36.4 Å². The van der Waals surface area contributed by atoms with Crippen LogP contribution < -0.4 is 5.32 Å². The minimum absolute atomic E-state index is 0.0154. The number of allylic oxidation sites excluding steroid dienone is 2. The Balaban J connectivity index is 1.90. The number of aryl methyl sites for hydroxylation is 1. The van der Waals surface area contributed by atoms with Crippen LogP contribution in [0.2, 0.25) is 0 Å². The number of carbonyl (C=O) groups excluding carboxylic acids is 1. The third-order valence-corrected chi connectivity index (χ3v) is 4.08. The first-order chi connectivity index (χ1) is 10.6. The van der Waals surface area contributed by atoms with Crippen LogP contribution in [0, 0.1) is 18.8 Å². The van der Waals surface area contributed by atoms with E-state index in [0.29, 0.717) is 6.42 Å². The van der Waals surface area contributed by atoms with E-state index in [4.69, 9.17) is 0 Å². The molecule has 0 saturated carbocycles. The molecule has 0 fully saturated rings. The summed E-state index contributed by atoms with van der Waals surface area (Å²) in [6, 6.07) is 7.83. The lowest BCUT2D eigenvalue weighted by Gasteiger charge is -2.19. The predicted octanol–water partition coefficient (Wildman–Crippen LogP) is 2.71. The van der Waals surface area contributed by atoms with Crippen LogP contribution in [0.3, 0.4) is 0 Å². The molecule has 2 atom stereocenters. The maximum atomic E-state index is 12.1. The molecule has 1 aliphatic carbocycles.